The lowest BCUT2D eigenvalue weighted by molar-refractivity contribution is 0.0734. The van der Waals surface area contributed by atoms with Crippen molar-refractivity contribution in [2.24, 2.45) is 5.73 Å². The number of nitrogens with two attached hydrogens (primary N) is 1. The zero-order valence-corrected chi connectivity index (χ0v) is 16.1. The summed E-state index contributed by atoms with van der Waals surface area (Å²) in [5.74, 6) is -0.214. The molecule has 146 valence electrons. The van der Waals surface area contributed by atoms with Crippen LogP contribution in [0.4, 0.5) is 0 Å². The van der Waals surface area contributed by atoms with Crippen LogP contribution >= 0.6 is 0 Å². The van der Waals surface area contributed by atoms with Gasteiger partial charge in [-0.05, 0) is 35.9 Å². The molecule has 0 aliphatic rings. The van der Waals surface area contributed by atoms with Gasteiger partial charge in [0.2, 0.25) is 0 Å². The molecule has 0 heterocycles. The van der Waals surface area contributed by atoms with Crippen molar-refractivity contribution in [1.82, 2.24) is 0 Å². The Morgan fingerprint density at radius 3 is 2.21 bits per heavy atom. The number of ether oxygens (including phenoxy) is 1. The van der Waals surface area contributed by atoms with Crippen molar-refractivity contribution in [2.75, 3.05) is 6.26 Å². The molecule has 3 rings (SSSR count). The smallest absolute Gasteiger partial charge is 0.344 e. The Bertz CT molecular complexity index is 1130. The molecule has 0 spiro atoms. The van der Waals surface area contributed by atoms with E-state index in [-0.39, 0.29) is 5.84 Å². The summed E-state index contributed by atoms with van der Waals surface area (Å²) in [6.45, 7) is 1.87. The van der Waals surface area contributed by atoms with Crippen LogP contribution in [0.5, 0.6) is 5.75 Å². The van der Waals surface area contributed by atoms with Crippen LogP contribution in [0.25, 0.3) is 10.8 Å². The van der Waals surface area contributed by atoms with Crippen LogP contribution < -0.4 is 10.5 Å². The van der Waals surface area contributed by atoms with Gasteiger partial charge in [0.05, 0.1) is 15.7 Å². The number of amidine groups is 1. The van der Waals surface area contributed by atoms with E-state index in [9.17, 15) is 4.79 Å². The molecule has 0 unspecified atom stereocenters. The summed E-state index contributed by atoms with van der Waals surface area (Å²) in [6.07, 6.45) is 0.604. The molecule has 7 nitrogen and oxygen atoms in total. The van der Waals surface area contributed by atoms with E-state index < -0.39 is 16.1 Å². The molecule has 3 N–H and O–H groups in total. The summed E-state index contributed by atoms with van der Waals surface area (Å²) < 4.78 is 32.7. The second-order valence-electron chi connectivity index (χ2n) is 6.07. The highest BCUT2D eigenvalue weighted by atomic mass is 32.2. The first-order valence-electron chi connectivity index (χ1n) is 8.11. The maximum absolute atomic E-state index is 12.5. The van der Waals surface area contributed by atoms with Crippen LogP contribution in [0, 0.1) is 12.3 Å². The quantitative estimate of drug-likeness (QED) is 0.229. The van der Waals surface area contributed by atoms with E-state index in [1.54, 1.807) is 18.2 Å². The molecule has 0 amide bonds. The van der Waals surface area contributed by atoms with Crippen molar-refractivity contribution in [3.8, 4) is 5.75 Å². The molecule has 3 aromatic carbocycles. The van der Waals surface area contributed by atoms with Crippen molar-refractivity contribution in [3.05, 3.63) is 77.4 Å². The van der Waals surface area contributed by atoms with Gasteiger partial charge < -0.3 is 15.0 Å². The van der Waals surface area contributed by atoms with Crippen LogP contribution in [-0.2, 0) is 10.1 Å². The lowest BCUT2D eigenvalue weighted by Gasteiger charge is -2.10. The molecule has 0 bridgehead atoms. The fourth-order valence-electron chi connectivity index (χ4n) is 2.45. The third-order valence-electron chi connectivity index (χ3n) is 3.62. The Kier molecular flexibility index (Phi) is 6.50. The highest BCUT2D eigenvalue weighted by Gasteiger charge is 2.16. The fraction of sp³-hybridized carbons (Fsp3) is 0.100. The highest BCUT2D eigenvalue weighted by molar-refractivity contribution is 7.84. The molecule has 8 heteroatoms. The zero-order chi connectivity index (χ0) is 20.9. The molecule has 0 aliphatic carbocycles. The summed E-state index contributed by atoms with van der Waals surface area (Å²) in [6, 6.07) is 18.5. The zero-order valence-electron chi connectivity index (χ0n) is 15.3. The van der Waals surface area contributed by atoms with E-state index in [4.69, 9.17) is 28.9 Å². The summed E-state index contributed by atoms with van der Waals surface area (Å²) in [5, 5.41) is 9.67. The van der Waals surface area contributed by atoms with Gasteiger partial charge in [0.15, 0.2) is 0 Å². The molecule has 0 atom stereocenters. The number of hydrogen-bond acceptors (Lipinski definition) is 6. The van der Waals surface area contributed by atoms with Gasteiger partial charge in [-0.3, -0.25) is 5.41 Å². The highest BCUT2D eigenvalue weighted by Crippen LogP contribution is 2.22. The first kappa shape index (κ1) is 21.1. The van der Waals surface area contributed by atoms with E-state index >= 15 is 0 Å². The topological polar surface area (TPSA) is 133 Å². The van der Waals surface area contributed by atoms with Gasteiger partial charge in [0.25, 0.3) is 0 Å². The first-order chi connectivity index (χ1) is 13.0. The van der Waals surface area contributed by atoms with E-state index in [1.807, 2.05) is 49.4 Å². The van der Waals surface area contributed by atoms with E-state index in [1.165, 1.54) is 0 Å². The van der Waals surface area contributed by atoms with Crippen molar-refractivity contribution < 1.29 is 22.5 Å². The molecule has 0 saturated heterocycles. The Morgan fingerprint density at radius 1 is 1.00 bits per heavy atom. The second kappa shape index (κ2) is 8.64. The van der Waals surface area contributed by atoms with E-state index in [0.717, 1.165) is 16.3 Å². The molecular weight excluding hydrogens is 380 g/mol. The number of nitrogen functional groups attached to an aromatic ring is 1. The normalized spacial score (nSPS) is 10.7. The van der Waals surface area contributed by atoms with Gasteiger partial charge in [-0.1, -0.05) is 48.0 Å². The van der Waals surface area contributed by atoms with Crippen LogP contribution in [0.15, 0.2) is 60.7 Å². The average molecular weight is 399 g/mol. The number of aryl methyl sites for hydroxylation is 1. The summed E-state index contributed by atoms with van der Waals surface area (Å²) in [7, 11) is -3.92. The second-order valence-corrected chi connectivity index (χ2v) is 7.47. The fourth-order valence-corrected chi connectivity index (χ4v) is 2.45. The summed E-state index contributed by atoms with van der Waals surface area (Å²) in [4.78, 5) is 12.5. The van der Waals surface area contributed by atoms with Crippen LogP contribution in [0.3, 0.4) is 0 Å². The number of esters is 1. The van der Waals surface area contributed by atoms with Crippen molar-refractivity contribution in [1.29, 1.82) is 5.41 Å². The Labute approximate surface area is 163 Å². The molecule has 0 aliphatic heterocycles. The Morgan fingerprint density at radius 2 is 1.61 bits per heavy atom. The minimum Gasteiger partial charge on any atom is -0.748 e. The van der Waals surface area contributed by atoms with Crippen molar-refractivity contribution >= 4 is 32.7 Å². The average Bonchev–Trinajstić information content (AvgIpc) is 2.60. The minimum absolute atomic E-state index is 0.157. The van der Waals surface area contributed by atoms with Crippen LogP contribution in [0.1, 0.15) is 21.5 Å². The minimum atomic E-state index is -3.92. The number of fused-ring (bicyclic) bond motifs is 1. The van der Waals surface area contributed by atoms with Crippen LogP contribution in [0.2, 0.25) is 0 Å². The van der Waals surface area contributed by atoms with Gasteiger partial charge in [-0.15, -0.1) is 0 Å². The molecular formula is C20H19N2O5S-. The molecule has 0 saturated carbocycles. The largest absolute Gasteiger partial charge is 0.748 e. The number of benzene rings is 3. The first-order valence-corrected chi connectivity index (χ1v) is 9.93. The Balaban J connectivity index is 0.000000500. The molecule has 3 aromatic rings. The van der Waals surface area contributed by atoms with Gasteiger partial charge in [-0.2, -0.15) is 0 Å². The number of carbonyl (C=O) groups excluding carboxylic acids is 1. The SMILES string of the molecule is CS(=O)(=O)[O-].Cc1ccc(C(=N)N)c(C(=O)Oc2ccc3ccccc3c2)c1. The lowest BCUT2D eigenvalue weighted by Crippen LogP contribution is -2.19. The number of rotatable bonds is 3. The Hall–Kier alpha value is -3.23. The number of hydrogen-bond donors (Lipinski definition) is 2. The number of carbonyl (C=O) groups is 1. The van der Waals surface area contributed by atoms with Gasteiger partial charge in [-0.25, -0.2) is 13.2 Å². The summed E-state index contributed by atoms with van der Waals surface area (Å²) >= 11 is 0. The number of nitrogens with one attached hydrogen (secondary N) is 1. The molecule has 0 radical (unpaired) electrons. The van der Waals surface area contributed by atoms with Gasteiger partial charge in [0, 0.05) is 11.8 Å². The van der Waals surface area contributed by atoms with E-state index in [2.05, 4.69) is 0 Å². The third-order valence-corrected chi connectivity index (χ3v) is 3.62. The monoisotopic (exact) mass is 399 g/mol. The maximum Gasteiger partial charge on any atom is 0.344 e. The summed E-state index contributed by atoms with van der Waals surface area (Å²) in [5.41, 5.74) is 7.12. The van der Waals surface area contributed by atoms with Gasteiger partial charge in [0.1, 0.15) is 11.6 Å². The van der Waals surface area contributed by atoms with Crippen molar-refractivity contribution in [3.63, 3.8) is 0 Å². The third kappa shape index (κ3) is 6.19. The molecule has 0 fully saturated rings. The standard InChI is InChI=1S/C19H16N2O2.CH4O3S/c1-12-6-9-16(18(20)21)17(10-12)19(22)23-15-8-7-13-4-2-3-5-14(13)11-15;1-5(2,3)4/h2-11H,1H3,(H3,20,21);1H3,(H,2,3,4)/p-1. The van der Waals surface area contributed by atoms with Crippen molar-refractivity contribution in [2.45, 2.75) is 6.92 Å². The predicted molar refractivity (Wildman–Crippen MR) is 107 cm³/mol. The maximum atomic E-state index is 12.5. The lowest BCUT2D eigenvalue weighted by atomic mass is 10.0. The molecule has 0 aromatic heterocycles. The molecule has 28 heavy (non-hydrogen) atoms. The predicted octanol–water partition coefficient (Wildman–Crippen LogP) is 2.81. The van der Waals surface area contributed by atoms with E-state index in [0.29, 0.717) is 23.1 Å². The van der Waals surface area contributed by atoms with Crippen LogP contribution in [-0.4, -0.2) is 31.0 Å². The van der Waals surface area contributed by atoms with Gasteiger partial charge >= 0.3 is 5.97 Å².